The molecule has 1 aliphatic carbocycles. The summed E-state index contributed by atoms with van der Waals surface area (Å²) in [5.41, 5.74) is 3.83. The van der Waals surface area contributed by atoms with E-state index >= 15 is 0 Å². The van der Waals surface area contributed by atoms with Crippen LogP contribution in [0.4, 0.5) is 5.82 Å². The van der Waals surface area contributed by atoms with Gasteiger partial charge in [-0.15, -0.1) is 0 Å². The molecule has 2 aliphatic rings. The quantitative estimate of drug-likeness (QED) is 0.648. The van der Waals surface area contributed by atoms with Crippen LogP contribution in [-0.4, -0.2) is 49.3 Å². The molecule has 1 saturated heterocycles. The number of ether oxygens (including phenoxy) is 2. The summed E-state index contributed by atoms with van der Waals surface area (Å²) >= 11 is 0. The van der Waals surface area contributed by atoms with Gasteiger partial charge >= 0.3 is 0 Å². The third-order valence-electron chi connectivity index (χ3n) is 6.09. The molecule has 1 N–H and O–H groups in total. The van der Waals surface area contributed by atoms with Crippen LogP contribution in [0.1, 0.15) is 57.1 Å². The van der Waals surface area contributed by atoms with E-state index in [4.69, 9.17) is 14.5 Å². The highest BCUT2D eigenvalue weighted by atomic mass is 16.5. The lowest BCUT2D eigenvalue weighted by atomic mass is 9.89. The molecule has 158 valence electrons. The Kier molecular flexibility index (Phi) is 6.43. The van der Waals surface area contributed by atoms with E-state index in [1.807, 2.05) is 0 Å². The van der Waals surface area contributed by atoms with E-state index in [0.717, 1.165) is 48.6 Å². The van der Waals surface area contributed by atoms with Crippen LogP contribution < -0.4 is 14.8 Å². The second-order valence-electron chi connectivity index (χ2n) is 8.69. The lowest BCUT2D eigenvalue weighted by molar-refractivity contribution is 0.254. The summed E-state index contributed by atoms with van der Waals surface area (Å²) in [6, 6.07) is 4.58. The van der Waals surface area contributed by atoms with Gasteiger partial charge in [0.15, 0.2) is 11.5 Å². The van der Waals surface area contributed by atoms with Crippen molar-refractivity contribution in [3.63, 3.8) is 0 Å². The van der Waals surface area contributed by atoms with E-state index in [1.54, 1.807) is 7.11 Å². The van der Waals surface area contributed by atoms with Gasteiger partial charge < -0.3 is 19.7 Å². The van der Waals surface area contributed by atoms with E-state index in [-0.39, 0.29) is 0 Å². The molecule has 29 heavy (non-hydrogen) atoms. The number of aryl methyl sites for hydroxylation is 1. The number of anilines is 1. The topological polar surface area (TPSA) is 46.6 Å². The average molecular weight is 398 g/mol. The van der Waals surface area contributed by atoms with Crippen molar-refractivity contribution in [3.8, 4) is 11.5 Å². The molecule has 4 rings (SSSR count). The van der Waals surface area contributed by atoms with Crippen LogP contribution in [0.15, 0.2) is 12.1 Å². The van der Waals surface area contributed by atoms with Crippen LogP contribution in [0.2, 0.25) is 0 Å². The molecule has 2 heterocycles. The highest BCUT2D eigenvalue weighted by Gasteiger charge is 2.21. The molecule has 2 aromatic rings. The summed E-state index contributed by atoms with van der Waals surface area (Å²) in [5, 5.41) is 4.79. The number of aromatic nitrogens is 1. The molecule has 1 aromatic heterocycles. The molecule has 0 saturated carbocycles. The molecule has 0 amide bonds. The van der Waals surface area contributed by atoms with Crippen molar-refractivity contribution in [2.45, 2.75) is 64.8 Å². The fourth-order valence-electron chi connectivity index (χ4n) is 4.68. The Bertz CT molecular complexity index is 844. The molecule has 0 unspecified atom stereocenters. The summed E-state index contributed by atoms with van der Waals surface area (Å²) in [5.74, 6) is 2.67. The van der Waals surface area contributed by atoms with E-state index in [9.17, 15) is 0 Å². The number of pyridine rings is 1. The van der Waals surface area contributed by atoms with Crippen molar-refractivity contribution in [2.75, 3.05) is 38.7 Å². The number of nitrogens with zero attached hydrogens (tertiary/aromatic N) is 2. The number of hydrogen-bond acceptors (Lipinski definition) is 5. The van der Waals surface area contributed by atoms with Gasteiger partial charge in [0, 0.05) is 24.0 Å². The summed E-state index contributed by atoms with van der Waals surface area (Å²) in [4.78, 5) is 7.53. The minimum absolute atomic E-state index is 0.366. The van der Waals surface area contributed by atoms with Crippen molar-refractivity contribution in [1.82, 2.24) is 9.88 Å². The maximum atomic E-state index is 6.15. The van der Waals surface area contributed by atoms with Crippen LogP contribution in [0.25, 0.3) is 10.9 Å². The molecule has 1 fully saturated rings. The highest BCUT2D eigenvalue weighted by Crippen LogP contribution is 2.38. The van der Waals surface area contributed by atoms with Gasteiger partial charge in [-0.05, 0) is 89.1 Å². The molecule has 1 aromatic carbocycles. The Balaban J connectivity index is 1.59. The maximum absolute atomic E-state index is 6.15. The van der Waals surface area contributed by atoms with Crippen molar-refractivity contribution in [1.29, 1.82) is 0 Å². The zero-order valence-electron chi connectivity index (χ0n) is 18.2. The van der Waals surface area contributed by atoms with E-state index < -0.39 is 0 Å². The van der Waals surface area contributed by atoms with Gasteiger partial charge in [0.25, 0.3) is 0 Å². The standard InChI is InChI=1S/C24H35N3O2/c1-17(2)25-24-19-10-5-4-9-18(19)20-15-22(28-3)23(16-21(20)26-24)29-14-8-13-27-11-6-7-12-27/h15-17H,4-14H2,1-3H3,(H,25,26). The highest BCUT2D eigenvalue weighted by molar-refractivity contribution is 5.89. The van der Waals surface area contributed by atoms with Crippen LogP contribution in [0, 0.1) is 0 Å². The van der Waals surface area contributed by atoms with Crippen LogP contribution in [0.3, 0.4) is 0 Å². The third kappa shape index (κ3) is 4.61. The van der Waals surface area contributed by atoms with Crippen molar-refractivity contribution >= 4 is 16.7 Å². The van der Waals surface area contributed by atoms with Crippen LogP contribution in [0.5, 0.6) is 11.5 Å². The predicted molar refractivity (Wildman–Crippen MR) is 119 cm³/mol. The first-order chi connectivity index (χ1) is 14.2. The Morgan fingerprint density at radius 3 is 2.52 bits per heavy atom. The van der Waals surface area contributed by atoms with Gasteiger partial charge in [-0.25, -0.2) is 4.98 Å². The fourth-order valence-corrected chi connectivity index (χ4v) is 4.68. The smallest absolute Gasteiger partial charge is 0.163 e. The minimum Gasteiger partial charge on any atom is -0.493 e. The molecule has 0 radical (unpaired) electrons. The number of rotatable bonds is 8. The van der Waals surface area contributed by atoms with Crippen molar-refractivity contribution in [3.05, 3.63) is 23.3 Å². The third-order valence-corrected chi connectivity index (χ3v) is 6.09. The zero-order valence-corrected chi connectivity index (χ0v) is 18.2. The second-order valence-corrected chi connectivity index (χ2v) is 8.69. The first-order valence-corrected chi connectivity index (χ1v) is 11.3. The SMILES string of the molecule is COc1cc2c3c(c(NC(C)C)nc2cc1OCCCN1CCCC1)CCCC3. The summed E-state index contributed by atoms with van der Waals surface area (Å²) < 4.78 is 11.8. The molecular weight excluding hydrogens is 362 g/mol. The van der Waals surface area contributed by atoms with E-state index in [1.165, 1.54) is 55.3 Å². The first kappa shape index (κ1) is 20.3. The fraction of sp³-hybridized carbons (Fsp3) is 0.625. The molecule has 5 heteroatoms. The Morgan fingerprint density at radius 1 is 1.03 bits per heavy atom. The Hall–Kier alpha value is -2.01. The van der Waals surface area contributed by atoms with E-state index in [0.29, 0.717) is 12.6 Å². The first-order valence-electron chi connectivity index (χ1n) is 11.3. The van der Waals surface area contributed by atoms with Gasteiger partial charge in [0.1, 0.15) is 5.82 Å². The van der Waals surface area contributed by atoms with Crippen LogP contribution in [-0.2, 0) is 12.8 Å². The molecule has 5 nitrogen and oxygen atoms in total. The van der Waals surface area contributed by atoms with Gasteiger partial charge in [-0.2, -0.15) is 0 Å². The van der Waals surface area contributed by atoms with E-state index in [2.05, 4.69) is 36.2 Å². The van der Waals surface area contributed by atoms with Gasteiger partial charge in [-0.3, -0.25) is 0 Å². The molecule has 0 bridgehead atoms. The monoisotopic (exact) mass is 397 g/mol. The largest absolute Gasteiger partial charge is 0.493 e. The molecule has 1 aliphatic heterocycles. The number of fused-ring (bicyclic) bond motifs is 3. The second kappa shape index (κ2) is 9.21. The Labute approximate surface area is 174 Å². The van der Waals surface area contributed by atoms with Crippen molar-refractivity contribution < 1.29 is 9.47 Å². The normalized spacial score (nSPS) is 17.0. The van der Waals surface area contributed by atoms with Crippen molar-refractivity contribution in [2.24, 2.45) is 0 Å². The summed E-state index contributed by atoms with van der Waals surface area (Å²) in [6.45, 7) is 8.64. The number of hydrogen-bond donors (Lipinski definition) is 1. The number of likely N-dealkylation sites (tertiary alicyclic amines) is 1. The zero-order chi connectivity index (χ0) is 20.2. The average Bonchev–Trinajstić information content (AvgIpc) is 3.24. The lowest BCUT2D eigenvalue weighted by Gasteiger charge is -2.23. The number of methoxy groups -OCH3 is 1. The number of nitrogens with one attached hydrogen (secondary N) is 1. The molecule has 0 spiro atoms. The predicted octanol–water partition coefficient (Wildman–Crippen LogP) is 4.81. The molecule has 0 atom stereocenters. The molecular formula is C24H35N3O2. The summed E-state index contributed by atoms with van der Waals surface area (Å²) in [7, 11) is 1.73. The number of benzene rings is 1. The summed E-state index contributed by atoms with van der Waals surface area (Å²) in [6.07, 6.45) is 8.40. The minimum atomic E-state index is 0.366. The van der Waals surface area contributed by atoms with Crippen LogP contribution >= 0.6 is 0 Å². The lowest BCUT2D eigenvalue weighted by Crippen LogP contribution is -2.22. The van der Waals surface area contributed by atoms with Gasteiger partial charge in [0.05, 0.1) is 19.2 Å². The van der Waals surface area contributed by atoms with Gasteiger partial charge in [0.2, 0.25) is 0 Å². The Morgan fingerprint density at radius 2 is 1.79 bits per heavy atom. The maximum Gasteiger partial charge on any atom is 0.163 e. The van der Waals surface area contributed by atoms with Gasteiger partial charge in [-0.1, -0.05) is 0 Å².